The van der Waals surface area contributed by atoms with E-state index in [0.29, 0.717) is 24.4 Å². The average Bonchev–Trinajstić information content (AvgIpc) is 3.38. The number of nitrogens with one attached hydrogen (secondary N) is 2. The number of cyclic esters (lactones) is 1. The zero-order valence-electron chi connectivity index (χ0n) is 18.8. The van der Waals surface area contributed by atoms with Gasteiger partial charge in [0.1, 0.15) is 6.61 Å². The standard InChI is InChI=1S/C21H31N5O4.2Ac/c1-12-4-5-16-20(2,8-6-17(28)21(16,3)11-27)14(12)10-15(13-7-9-30-18(13)29)22-19-23-25-26-24-19;;/h7,14-17,27-28H,1,4-6,8-11H2,2-3H3,(H2,22,23,24,25,26);;/t14-,15?,16?,17?,20+,21-;;/m0../s1. The fourth-order valence-corrected chi connectivity index (χ4v) is 6.17. The molecule has 170 valence electrons. The van der Waals surface area contributed by atoms with Gasteiger partial charge in [-0.3, -0.25) is 0 Å². The van der Waals surface area contributed by atoms with E-state index < -0.39 is 11.5 Å². The van der Waals surface area contributed by atoms with Crippen LogP contribution in [0.5, 0.6) is 0 Å². The third-order valence-corrected chi connectivity index (χ3v) is 7.94. The molecule has 6 atom stereocenters. The number of esters is 1. The van der Waals surface area contributed by atoms with E-state index in [2.05, 4.69) is 39.4 Å². The summed E-state index contributed by atoms with van der Waals surface area (Å²) < 4.78 is 5.15. The number of aliphatic hydroxyl groups is 2. The number of aliphatic hydroxyl groups excluding tert-OH is 2. The van der Waals surface area contributed by atoms with Crippen molar-refractivity contribution in [3.63, 3.8) is 0 Å². The molecule has 0 amide bonds. The minimum Gasteiger partial charge on any atom is -0.458 e. The van der Waals surface area contributed by atoms with Gasteiger partial charge in [0.2, 0.25) is 0 Å². The molecule has 1 aromatic heterocycles. The number of fused-ring (bicyclic) bond motifs is 1. The number of ether oxygens (including phenoxy) is 1. The molecule has 32 heavy (non-hydrogen) atoms. The predicted octanol–water partition coefficient (Wildman–Crippen LogP) is 1.60. The first kappa shape index (κ1) is 28.9. The van der Waals surface area contributed by atoms with Crippen LogP contribution < -0.4 is 5.32 Å². The topological polar surface area (TPSA) is 133 Å². The Bertz CT molecular complexity index is 851. The quantitative estimate of drug-likeness (QED) is 0.251. The number of carbonyl (C=O) groups excluding carboxylic acids is 1. The smallest absolute Gasteiger partial charge is 0.336 e. The van der Waals surface area contributed by atoms with Gasteiger partial charge in [0.15, 0.2) is 0 Å². The first-order valence-corrected chi connectivity index (χ1v) is 10.6. The molecule has 0 bridgehead atoms. The summed E-state index contributed by atoms with van der Waals surface area (Å²) in [6.07, 6.45) is 5.12. The third kappa shape index (κ3) is 5.24. The van der Waals surface area contributed by atoms with Crippen LogP contribution in [0.4, 0.5) is 5.95 Å². The number of anilines is 1. The van der Waals surface area contributed by atoms with Crippen LogP contribution in [-0.2, 0) is 9.53 Å². The van der Waals surface area contributed by atoms with Gasteiger partial charge < -0.3 is 20.3 Å². The maximum atomic E-state index is 12.3. The molecule has 4 N–H and O–H groups in total. The van der Waals surface area contributed by atoms with Crippen molar-refractivity contribution in [3.8, 4) is 0 Å². The van der Waals surface area contributed by atoms with Crippen molar-refractivity contribution in [1.82, 2.24) is 20.6 Å². The number of rotatable bonds is 6. The number of H-pyrrole nitrogens is 1. The average molecular weight is 872 g/mol. The van der Waals surface area contributed by atoms with Gasteiger partial charge in [0, 0.05) is 93.5 Å². The largest absolute Gasteiger partial charge is 0.458 e. The Kier molecular flexibility index (Phi) is 10.4. The molecule has 0 aromatic carbocycles. The van der Waals surface area contributed by atoms with Crippen molar-refractivity contribution in [2.24, 2.45) is 22.7 Å². The van der Waals surface area contributed by atoms with E-state index in [1.807, 2.05) is 6.92 Å². The van der Waals surface area contributed by atoms with Crippen LogP contribution in [0, 0.1) is 111 Å². The molecule has 3 unspecified atom stereocenters. The zero-order chi connectivity index (χ0) is 21.5. The van der Waals surface area contributed by atoms with Gasteiger partial charge in [-0.15, -0.1) is 5.10 Å². The van der Waals surface area contributed by atoms with Crippen molar-refractivity contribution in [2.45, 2.75) is 58.1 Å². The number of allylic oxidation sites excluding steroid dienone is 1. The Morgan fingerprint density at radius 2 is 2.12 bits per heavy atom. The van der Waals surface area contributed by atoms with Crippen molar-refractivity contribution in [3.05, 3.63) is 23.8 Å². The van der Waals surface area contributed by atoms with Crippen LogP contribution in [-0.4, -0.2) is 62.2 Å². The van der Waals surface area contributed by atoms with Crippen molar-refractivity contribution >= 4 is 11.9 Å². The van der Waals surface area contributed by atoms with E-state index in [0.717, 1.165) is 24.8 Å². The number of aromatic nitrogens is 4. The SMILES string of the molecule is C=C1CCC2[C@](C)(CO)C(O)CC[C@]2(C)[C@H]1CC(Nc1nn[nH]n1)C1=CCOC1=O.[Ac].[Ac]. The molecule has 2 fully saturated rings. The van der Waals surface area contributed by atoms with E-state index in [1.54, 1.807) is 6.08 Å². The molecule has 9 nitrogen and oxygen atoms in total. The summed E-state index contributed by atoms with van der Waals surface area (Å²) in [4.78, 5) is 12.3. The first-order valence-electron chi connectivity index (χ1n) is 10.6. The summed E-state index contributed by atoms with van der Waals surface area (Å²) in [6.45, 7) is 8.84. The molecule has 0 spiro atoms. The Morgan fingerprint density at radius 3 is 2.72 bits per heavy atom. The fraction of sp³-hybridized carbons (Fsp3) is 0.714. The first-order chi connectivity index (χ1) is 14.3. The number of tetrazole rings is 1. The summed E-state index contributed by atoms with van der Waals surface area (Å²) in [5, 5.41) is 38.1. The van der Waals surface area contributed by atoms with Crippen LogP contribution >= 0.6 is 0 Å². The van der Waals surface area contributed by atoms with Gasteiger partial charge in [-0.1, -0.05) is 31.1 Å². The summed E-state index contributed by atoms with van der Waals surface area (Å²) >= 11 is 0. The molecule has 3 aliphatic rings. The summed E-state index contributed by atoms with van der Waals surface area (Å²) in [5.41, 5.74) is 1.02. The molecule has 11 heteroatoms. The third-order valence-electron chi connectivity index (χ3n) is 7.94. The number of hydrogen-bond donors (Lipinski definition) is 4. The van der Waals surface area contributed by atoms with E-state index in [1.165, 1.54) is 0 Å². The Hall–Kier alpha value is 0.623. The molecular weight excluding hydrogens is 840 g/mol. The molecular formula is C21H31Ac2N5O4. The fourth-order valence-electron chi connectivity index (χ4n) is 6.17. The molecule has 2 heterocycles. The minimum absolute atomic E-state index is 0. The number of nitrogens with zero attached hydrogens (tertiary/aromatic N) is 3. The minimum atomic E-state index is -0.548. The molecule has 2 radical (unpaired) electrons. The van der Waals surface area contributed by atoms with Crippen LogP contribution in [0.3, 0.4) is 0 Å². The van der Waals surface area contributed by atoms with Crippen LogP contribution in [0.15, 0.2) is 23.8 Å². The number of hydrogen-bond acceptors (Lipinski definition) is 8. The summed E-state index contributed by atoms with van der Waals surface area (Å²) in [7, 11) is 0. The Balaban J connectivity index is 0.00000181. The van der Waals surface area contributed by atoms with Gasteiger partial charge >= 0.3 is 5.97 Å². The van der Waals surface area contributed by atoms with Crippen molar-refractivity contribution in [2.75, 3.05) is 18.5 Å². The van der Waals surface area contributed by atoms with Gasteiger partial charge in [-0.2, -0.15) is 5.21 Å². The molecule has 2 aliphatic carbocycles. The van der Waals surface area contributed by atoms with Crippen LogP contribution in [0.2, 0.25) is 0 Å². The second-order valence-corrected chi connectivity index (χ2v) is 9.45. The van der Waals surface area contributed by atoms with E-state index in [-0.39, 0.29) is 131 Å². The molecule has 1 aliphatic heterocycles. The van der Waals surface area contributed by atoms with E-state index >= 15 is 0 Å². The predicted molar refractivity (Wildman–Crippen MR) is 109 cm³/mol. The second kappa shape index (κ2) is 11.6. The normalized spacial score (nSPS) is 35.0. The van der Waals surface area contributed by atoms with Gasteiger partial charge in [-0.05, 0) is 60.6 Å². The number of aromatic amines is 1. The van der Waals surface area contributed by atoms with Crippen LogP contribution in [0.25, 0.3) is 0 Å². The van der Waals surface area contributed by atoms with E-state index in [4.69, 9.17) is 4.74 Å². The maximum Gasteiger partial charge on any atom is 0.336 e. The second-order valence-electron chi connectivity index (χ2n) is 9.45. The molecule has 0 saturated heterocycles. The van der Waals surface area contributed by atoms with Crippen LogP contribution in [0.1, 0.15) is 46.0 Å². The van der Waals surface area contributed by atoms with Gasteiger partial charge in [0.05, 0.1) is 24.3 Å². The molecule has 2 saturated carbocycles. The van der Waals surface area contributed by atoms with Crippen molar-refractivity contribution in [1.29, 1.82) is 0 Å². The Labute approximate surface area is 260 Å². The van der Waals surface area contributed by atoms with Gasteiger partial charge in [-0.25, -0.2) is 4.79 Å². The van der Waals surface area contributed by atoms with E-state index in [9.17, 15) is 15.0 Å². The van der Waals surface area contributed by atoms with Crippen molar-refractivity contribution < 1.29 is 108 Å². The number of carbonyl (C=O) groups is 1. The van der Waals surface area contributed by atoms with Gasteiger partial charge in [0.25, 0.3) is 5.95 Å². The monoisotopic (exact) mass is 871 g/mol. The Morgan fingerprint density at radius 1 is 1.38 bits per heavy atom. The molecule has 1 aromatic rings. The summed E-state index contributed by atoms with van der Waals surface area (Å²) in [5.74, 6) is 0.249. The zero-order valence-corrected chi connectivity index (χ0v) is 28.2. The summed E-state index contributed by atoms with van der Waals surface area (Å²) in [6, 6.07) is -0.345. The maximum absolute atomic E-state index is 12.3. The molecule has 4 rings (SSSR count).